The topological polar surface area (TPSA) is 148 Å². The van der Waals surface area contributed by atoms with Crippen molar-refractivity contribution in [1.82, 2.24) is 31.0 Å². The van der Waals surface area contributed by atoms with Crippen LogP contribution in [0, 0.1) is 0 Å². The number of aromatic nitrogens is 2. The number of unbranched alkanes of at least 4 members (excludes halogenated alkanes) is 1. The molecular weight excluding hydrogens is 721 g/mol. The summed E-state index contributed by atoms with van der Waals surface area (Å²) in [5, 5.41) is 13.4. The number of rotatable bonds is 18. The van der Waals surface area contributed by atoms with Gasteiger partial charge in [0.05, 0.1) is 13.0 Å². The SMILES string of the molecule is CCCCOC[C@H](NC(=O)OC(C)(C)C)c1noc([C@H](CC(=O)NC(c2ccccc2)(c2ccccc2)c2ccccc2)NC(=O)N(CC)Cc2ccccc2)n1. The highest BCUT2D eigenvalue weighted by molar-refractivity contribution is 5.81. The molecule has 4 aromatic carbocycles. The van der Waals surface area contributed by atoms with Gasteiger partial charge in [-0.15, -0.1) is 0 Å². The van der Waals surface area contributed by atoms with Crippen molar-refractivity contribution < 1.29 is 28.4 Å². The van der Waals surface area contributed by atoms with Crippen molar-refractivity contribution in [3.05, 3.63) is 155 Å². The second kappa shape index (κ2) is 20.2. The van der Waals surface area contributed by atoms with Crippen molar-refractivity contribution in [2.45, 2.75) is 83.6 Å². The second-order valence-electron chi connectivity index (χ2n) is 14.7. The van der Waals surface area contributed by atoms with Crippen molar-refractivity contribution in [1.29, 1.82) is 0 Å². The largest absolute Gasteiger partial charge is 0.444 e. The van der Waals surface area contributed by atoms with Gasteiger partial charge >= 0.3 is 12.1 Å². The van der Waals surface area contributed by atoms with E-state index in [4.69, 9.17) is 14.0 Å². The van der Waals surface area contributed by atoms with E-state index in [-0.39, 0.29) is 24.7 Å². The van der Waals surface area contributed by atoms with Crippen LogP contribution in [-0.2, 0) is 26.4 Å². The first-order chi connectivity index (χ1) is 27.5. The minimum atomic E-state index is -1.10. The third kappa shape index (κ3) is 11.7. The molecule has 0 unspecified atom stereocenters. The molecule has 0 aliphatic rings. The van der Waals surface area contributed by atoms with E-state index in [9.17, 15) is 14.4 Å². The van der Waals surface area contributed by atoms with Gasteiger partial charge in [0.15, 0.2) is 5.82 Å². The molecule has 5 aromatic rings. The van der Waals surface area contributed by atoms with Gasteiger partial charge in [-0.1, -0.05) is 140 Å². The summed E-state index contributed by atoms with van der Waals surface area (Å²) in [6.07, 6.45) is 0.814. The van der Waals surface area contributed by atoms with Gasteiger partial charge in [0.1, 0.15) is 23.2 Å². The molecule has 12 heteroatoms. The fraction of sp³-hybridized carbons (Fsp3) is 0.356. The molecule has 1 aromatic heterocycles. The van der Waals surface area contributed by atoms with Gasteiger partial charge < -0.3 is 34.8 Å². The predicted molar refractivity (Wildman–Crippen MR) is 218 cm³/mol. The third-order valence-corrected chi connectivity index (χ3v) is 9.20. The lowest BCUT2D eigenvalue weighted by atomic mass is 9.77. The Kier molecular flexibility index (Phi) is 15.0. The molecule has 2 atom stereocenters. The summed E-state index contributed by atoms with van der Waals surface area (Å²) in [4.78, 5) is 47.9. The van der Waals surface area contributed by atoms with E-state index in [0.29, 0.717) is 19.7 Å². The molecule has 12 nitrogen and oxygen atoms in total. The Hall–Kier alpha value is -6.01. The molecule has 0 saturated carbocycles. The van der Waals surface area contributed by atoms with Gasteiger partial charge in [-0.05, 0) is 56.4 Å². The molecule has 0 spiro atoms. The van der Waals surface area contributed by atoms with Crippen LogP contribution in [0.3, 0.4) is 0 Å². The van der Waals surface area contributed by atoms with E-state index in [0.717, 1.165) is 35.1 Å². The first-order valence-corrected chi connectivity index (χ1v) is 19.5. The van der Waals surface area contributed by atoms with Crippen LogP contribution in [0.1, 0.15) is 99.9 Å². The summed E-state index contributed by atoms with van der Waals surface area (Å²) in [5.41, 5.74) is 1.63. The lowest BCUT2D eigenvalue weighted by Crippen LogP contribution is -2.49. The normalized spacial score (nSPS) is 12.6. The standard InChI is InChI=1S/C45H54N6O6/c1-6-8-29-55-32-38(47-43(54)56-44(3,4)5)40-48-41(57-50-40)37(46-42(53)51(7-2)31-33-21-13-9-14-22-33)30-39(52)49-45(34-23-15-10-16-24-34,35-25-17-11-18-26-35)36-27-19-12-20-28-36/h9-28,37-38H,6-8,29-32H2,1-5H3,(H,46,53)(H,47,54)(H,49,52)/t37-,38-/m0/s1. The molecule has 0 fully saturated rings. The van der Waals surface area contributed by atoms with Crippen LogP contribution < -0.4 is 16.0 Å². The maximum Gasteiger partial charge on any atom is 0.408 e. The van der Waals surface area contributed by atoms with Crippen LogP contribution >= 0.6 is 0 Å². The summed E-state index contributed by atoms with van der Waals surface area (Å²) < 4.78 is 17.2. The average molecular weight is 775 g/mol. The Morgan fingerprint density at radius 2 is 1.30 bits per heavy atom. The molecule has 0 saturated heterocycles. The number of amides is 4. The van der Waals surface area contributed by atoms with Crippen molar-refractivity contribution in [2.75, 3.05) is 19.8 Å². The molecule has 4 amide bonds. The number of benzene rings is 4. The lowest BCUT2D eigenvalue weighted by molar-refractivity contribution is -0.123. The summed E-state index contributed by atoms with van der Waals surface area (Å²) in [7, 11) is 0. The Bertz CT molecular complexity index is 1890. The van der Waals surface area contributed by atoms with Crippen LogP contribution in [-0.4, -0.2) is 58.4 Å². The van der Waals surface area contributed by atoms with Gasteiger partial charge in [-0.25, -0.2) is 9.59 Å². The molecule has 1 heterocycles. The monoisotopic (exact) mass is 774 g/mol. The Balaban J connectivity index is 1.51. The van der Waals surface area contributed by atoms with E-state index in [1.165, 1.54) is 0 Å². The van der Waals surface area contributed by atoms with Gasteiger partial charge in [0.25, 0.3) is 0 Å². The lowest BCUT2D eigenvalue weighted by Gasteiger charge is -2.37. The number of ether oxygens (including phenoxy) is 2. The molecule has 0 aliphatic heterocycles. The van der Waals surface area contributed by atoms with Crippen LogP contribution in [0.15, 0.2) is 126 Å². The van der Waals surface area contributed by atoms with Crippen LogP contribution in [0.5, 0.6) is 0 Å². The highest BCUT2D eigenvalue weighted by Gasteiger charge is 2.39. The van der Waals surface area contributed by atoms with Crippen LogP contribution in [0.2, 0.25) is 0 Å². The number of carbonyl (C=O) groups excluding carboxylic acids is 3. The van der Waals surface area contributed by atoms with Crippen molar-refractivity contribution >= 4 is 18.0 Å². The molecule has 57 heavy (non-hydrogen) atoms. The molecule has 0 radical (unpaired) electrons. The summed E-state index contributed by atoms with van der Waals surface area (Å²) >= 11 is 0. The molecule has 300 valence electrons. The summed E-state index contributed by atoms with van der Waals surface area (Å²) in [5.74, 6) is -0.302. The minimum absolute atomic E-state index is 0.0152. The zero-order chi connectivity index (χ0) is 40.7. The predicted octanol–water partition coefficient (Wildman–Crippen LogP) is 8.22. The Morgan fingerprint density at radius 3 is 1.81 bits per heavy atom. The quantitative estimate of drug-likeness (QED) is 0.0596. The third-order valence-electron chi connectivity index (χ3n) is 9.20. The average Bonchev–Trinajstić information content (AvgIpc) is 3.71. The Labute approximate surface area is 335 Å². The molecular formula is C45H54N6O6. The maximum atomic E-state index is 14.6. The van der Waals surface area contributed by atoms with Crippen molar-refractivity contribution in [2.24, 2.45) is 0 Å². The van der Waals surface area contributed by atoms with Gasteiger partial charge in [-0.2, -0.15) is 4.98 Å². The molecule has 5 rings (SSSR count). The van der Waals surface area contributed by atoms with E-state index in [2.05, 4.69) is 33.0 Å². The number of carbonyl (C=O) groups is 3. The fourth-order valence-electron chi connectivity index (χ4n) is 6.41. The highest BCUT2D eigenvalue weighted by atomic mass is 16.6. The fourth-order valence-corrected chi connectivity index (χ4v) is 6.41. The smallest absolute Gasteiger partial charge is 0.408 e. The van der Waals surface area contributed by atoms with E-state index < -0.39 is 41.3 Å². The van der Waals surface area contributed by atoms with Crippen LogP contribution in [0.25, 0.3) is 0 Å². The first kappa shape index (κ1) is 42.1. The molecule has 0 aliphatic carbocycles. The van der Waals surface area contributed by atoms with Crippen LogP contribution in [0.4, 0.5) is 9.59 Å². The number of hydrogen-bond acceptors (Lipinski definition) is 8. The van der Waals surface area contributed by atoms with E-state index in [1.807, 2.05) is 128 Å². The summed E-state index contributed by atoms with van der Waals surface area (Å²) in [6.45, 7) is 10.5. The van der Waals surface area contributed by atoms with Gasteiger partial charge in [-0.3, -0.25) is 4.79 Å². The first-order valence-electron chi connectivity index (χ1n) is 19.5. The number of urea groups is 1. The van der Waals surface area contributed by atoms with Crippen molar-refractivity contribution in [3.63, 3.8) is 0 Å². The summed E-state index contributed by atoms with van der Waals surface area (Å²) in [6, 6.07) is 36.6. The van der Waals surface area contributed by atoms with Crippen molar-refractivity contribution in [3.8, 4) is 0 Å². The molecule has 3 N–H and O–H groups in total. The highest BCUT2D eigenvalue weighted by Crippen LogP contribution is 2.37. The zero-order valence-electron chi connectivity index (χ0n) is 33.4. The molecule has 0 bridgehead atoms. The Morgan fingerprint density at radius 1 is 0.754 bits per heavy atom. The number of nitrogens with zero attached hydrogens (tertiary/aromatic N) is 3. The van der Waals surface area contributed by atoms with Gasteiger partial charge in [0, 0.05) is 19.7 Å². The number of alkyl carbamates (subject to hydrolysis) is 1. The zero-order valence-corrected chi connectivity index (χ0v) is 33.4. The maximum absolute atomic E-state index is 14.6. The van der Waals surface area contributed by atoms with E-state index in [1.54, 1.807) is 25.7 Å². The van der Waals surface area contributed by atoms with Gasteiger partial charge in [0.2, 0.25) is 11.8 Å². The number of nitrogens with one attached hydrogen (secondary N) is 3. The minimum Gasteiger partial charge on any atom is -0.444 e. The number of hydrogen-bond donors (Lipinski definition) is 3. The van der Waals surface area contributed by atoms with E-state index >= 15 is 0 Å². The second-order valence-corrected chi connectivity index (χ2v) is 14.7.